The lowest BCUT2D eigenvalue weighted by Crippen LogP contribution is -2.33. The van der Waals surface area contributed by atoms with Crippen molar-refractivity contribution in [1.82, 2.24) is 5.32 Å². The van der Waals surface area contributed by atoms with E-state index in [4.69, 9.17) is 0 Å². The monoisotopic (exact) mass is 293 g/mol. The molecule has 1 aliphatic heterocycles. The average Bonchev–Trinajstić information content (AvgIpc) is 2.87. The van der Waals surface area contributed by atoms with Crippen LogP contribution in [0.5, 0.6) is 0 Å². The minimum atomic E-state index is 0.591. The summed E-state index contributed by atoms with van der Waals surface area (Å²) < 4.78 is 0. The summed E-state index contributed by atoms with van der Waals surface area (Å²) in [6.45, 7) is 2.28. The molecule has 3 atom stereocenters. The standard InChI is InChI=1S/C16H23NS2/c1-2-18-13-8-7-12(11-13)17-15-9-10-19-16-6-4-3-5-14(15)16/h3-6,12-13,15,17H,2,7-11H2,1H3. The van der Waals surface area contributed by atoms with E-state index >= 15 is 0 Å². The van der Waals surface area contributed by atoms with Crippen LogP contribution in [0.15, 0.2) is 29.2 Å². The first-order valence-corrected chi connectivity index (χ1v) is 9.49. The first-order valence-electron chi connectivity index (χ1n) is 7.46. The molecule has 1 saturated carbocycles. The van der Waals surface area contributed by atoms with Crippen LogP contribution in [0.1, 0.15) is 44.2 Å². The van der Waals surface area contributed by atoms with E-state index in [2.05, 4.69) is 48.3 Å². The van der Waals surface area contributed by atoms with Gasteiger partial charge < -0.3 is 5.32 Å². The van der Waals surface area contributed by atoms with Gasteiger partial charge in [0.1, 0.15) is 0 Å². The Bertz CT molecular complexity index is 421. The molecule has 1 aromatic carbocycles. The zero-order valence-corrected chi connectivity index (χ0v) is 13.2. The van der Waals surface area contributed by atoms with Crippen LogP contribution in [-0.4, -0.2) is 22.8 Å². The Labute approximate surface area is 125 Å². The second-order valence-corrected chi connectivity index (χ2v) is 8.20. The summed E-state index contributed by atoms with van der Waals surface area (Å²) in [5, 5.41) is 4.83. The van der Waals surface area contributed by atoms with E-state index in [1.54, 1.807) is 0 Å². The molecule has 3 heteroatoms. The number of thioether (sulfide) groups is 2. The van der Waals surface area contributed by atoms with Gasteiger partial charge in [0.2, 0.25) is 0 Å². The number of hydrogen-bond acceptors (Lipinski definition) is 3. The van der Waals surface area contributed by atoms with Gasteiger partial charge in [-0.2, -0.15) is 11.8 Å². The number of hydrogen-bond donors (Lipinski definition) is 1. The second-order valence-electron chi connectivity index (χ2n) is 5.48. The molecule has 1 aliphatic carbocycles. The molecule has 2 aliphatic rings. The van der Waals surface area contributed by atoms with E-state index in [0.717, 1.165) is 11.3 Å². The van der Waals surface area contributed by atoms with Gasteiger partial charge in [-0.25, -0.2) is 0 Å². The highest BCUT2D eigenvalue weighted by atomic mass is 32.2. The van der Waals surface area contributed by atoms with E-state index in [0.29, 0.717) is 6.04 Å². The van der Waals surface area contributed by atoms with Crippen molar-refractivity contribution in [3.05, 3.63) is 29.8 Å². The topological polar surface area (TPSA) is 12.0 Å². The predicted octanol–water partition coefficient (Wildman–Crippen LogP) is 4.49. The Morgan fingerprint density at radius 3 is 3.05 bits per heavy atom. The van der Waals surface area contributed by atoms with Crippen molar-refractivity contribution in [2.45, 2.75) is 54.8 Å². The molecular formula is C16H23NS2. The highest BCUT2D eigenvalue weighted by molar-refractivity contribution is 7.99. The van der Waals surface area contributed by atoms with Gasteiger partial charge in [-0.1, -0.05) is 25.1 Å². The number of benzene rings is 1. The van der Waals surface area contributed by atoms with Crippen LogP contribution >= 0.6 is 23.5 Å². The van der Waals surface area contributed by atoms with Gasteiger partial charge in [0.05, 0.1) is 0 Å². The molecule has 19 heavy (non-hydrogen) atoms. The summed E-state index contributed by atoms with van der Waals surface area (Å²) in [7, 11) is 0. The lowest BCUT2D eigenvalue weighted by molar-refractivity contribution is 0.426. The van der Waals surface area contributed by atoms with E-state index < -0.39 is 0 Å². The summed E-state index contributed by atoms with van der Waals surface area (Å²) in [6, 6.07) is 10.3. The minimum absolute atomic E-state index is 0.591. The normalized spacial score (nSPS) is 30.3. The molecule has 1 fully saturated rings. The fourth-order valence-electron chi connectivity index (χ4n) is 3.28. The first kappa shape index (κ1) is 13.8. The van der Waals surface area contributed by atoms with Gasteiger partial charge in [0.25, 0.3) is 0 Å². The van der Waals surface area contributed by atoms with Crippen molar-refractivity contribution in [3.63, 3.8) is 0 Å². The number of fused-ring (bicyclic) bond motifs is 1. The van der Waals surface area contributed by atoms with Crippen molar-refractivity contribution < 1.29 is 0 Å². The van der Waals surface area contributed by atoms with Crippen LogP contribution in [0.2, 0.25) is 0 Å². The van der Waals surface area contributed by atoms with Crippen LogP contribution in [0.25, 0.3) is 0 Å². The molecule has 104 valence electrons. The molecule has 3 rings (SSSR count). The fourth-order valence-corrected chi connectivity index (χ4v) is 5.55. The van der Waals surface area contributed by atoms with Gasteiger partial charge in [-0.15, -0.1) is 11.8 Å². The highest BCUT2D eigenvalue weighted by Crippen LogP contribution is 2.38. The molecule has 1 nitrogen and oxygen atoms in total. The van der Waals surface area contributed by atoms with Gasteiger partial charge in [-0.05, 0) is 48.8 Å². The lowest BCUT2D eigenvalue weighted by Gasteiger charge is -2.28. The third-order valence-electron chi connectivity index (χ3n) is 4.18. The Morgan fingerprint density at radius 1 is 1.26 bits per heavy atom. The van der Waals surface area contributed by atoms with Crippen LogP contribution in [0, 0.1) is 0 Å². The van der Waals surface area contributed by atoms with Crippen LogP contribution in [0.3, 0.4) is 0 Å². The number of rotatable bonds is 4. The van der Waals surface area contributed by atoms with E-state index in [1.807, 2.05) is 11.8 Å². The molecular weight excluding hydrogens is 270 g/mol. The molecule has 0 radical (unpaired) electrons. The predicted molar refractivity (Wildman–Crippen MR) is 87.2 cm³/mol. The Hall–Kier alpha value is -0.120. The molecule has 1 aromatic rings. The summed E-state index contributed by atoms with van der Waals surface area (Å²) in [4.78, 5) is 1.49. The van der Waals surface area contributed by atoms with Crippen molar-refractivity contribution in [3.8, 4) is 0 Å². The lowest BCUT2D eigenvalue weighted by atomic mass is 10.0. The quantitative estimate of drug-likeness (QED) is 0.878. The fraction of sp³-hybridized carbons (Fsp3) is 0.625. The second kappa shape index (κ2) is 6.55. The van der Waals surface area contributed by atoms with Crippen molar-refractivity contribution in [2.24, 2.45) is 0 Å². The Morgan fingerprint density at radius 2 is 2.16 bits per heavy atom. The molecule has 0 aromatic heterocycles. The largest absolute Gasteiger partial charge is 0.307 e. The molecule has 3 unspecified atom stereocenters. The molecule has 0 saturated heterocycles. The molecule has 0 bridgehead atoms. The molecule has 0 spiro atoms. The summed E-state index contributed by atoms with van der Waals surface area (Å²) in [6.07, 6.45) is 5.41. The molecule has 1 N–H and O–H groups in total. The summed E-state index contributed by atoms with van der Waals surface area (Å²) in [5.41, 5.74) is 1.53. The zero-order chi connectivity index (χ0) is 13.1. The molecule has 0 amide bonds. The van der Waals surface area contributed by atoms with E-state index in [9.17, 15) is 0 Å². The smallest absolute Gasteiger partial charge is 0.0341 e. The third-order valence-corrected chi connectivity index (χ3v) is 6.54. The van der Waals surface area contributed by atoms with Crippen LogP contribution in [0.4, 0.5) is 0 Å². The van der Waals surface area contributed by atoms with E-state index in [-0.39, 0.29) is 0 Å². The van der Waals surface area contributed by atoms with Gasteiger partial charge in [0, 0.05) is 22.2 Å². The maximum atomic E-state index is 3.94. The first-order chi connectivity index (χ1) is 9.36. The van der Waals surface area contributed by atoms with E-state index in [1.165, 1.54) is 47.6 Å². The van der Waals surface area contributed by atoms with Crippen molar-refractivity contribution in [1.29, 1.82) is 0 Å². The van der Waals surface area contributed by atoms with Crippen LogP contribution in [-0.2, 0) is 0 Å². The van der Waals surface area contributed by atoms with Gasteiger partial charge in [0.15, 0.2) is 0 Å². The Kier molecular flexibility index (Phi) is 4.78. The van der Waals surface area contributed by atoms with Crippen molar-refractivity contribution in [2.75, 3.05) is 11.5 Å². The summed E-state index contributed by atoms with van der Waals surface area (Å²) in [5.74, 6) is 2.52. The average molecular weight is 294 g/mol. The minimum Gasteiger partial charge on any atom is -0.307 e. The number of nitrogens with one attached hydrogen (secondary N) is 1. The SMILES string of the molecule is CCSC1CCC(NC2CCSc3ccccc32)C1. The van der Waals surface area contributed by atoms with Gasteiger partial charge in [-0.3, -0.25) is 0 Å². The van der Waals surface area contributed by atoms with Crippen LogP contribution < -0.4 is 5.32 Å². The maximum Gasteiger partial charge on any atom is 0.0341 e. The third kappa shape index (κ3) is 3.32. The van der Waals surface area contributed by atoms with Gasteiger partial charge >= 0.3 is 0 Å². The molecule has 1 heterocycles. The van der Waals surface area contributed by atoms with Crippen molar-refractivity contribution >= 4 is 23.5 Å². The zero-order valence-electron chi connectivity index (χ0n) is 11.6. The Balaban J connectivity index is 1.62. The maximum absolute atomic E-state index is 3.94. The summed E-state index contributed by atoms with van der Waals surface area (Å²) >= 11 is 4.16. The highest BCUT2D eigenvalue weighted by Gasteiger charge is 2.28.